The van der Waals surface area contributed by atoms with Gasteiger partial charge in [0.2, 0.25) is 0 Å². The van der Waals surface area contributed by atoms with E-state index in [0.29, 0.717) is 5.92 Å². The molecule has 2 aromatic carbocycles. The monoisotopic (exact) mass is 239 g/mol. The molecule has 0 aliphatic carbocycles. The Balaban J connectivity index is 3.03. The highest BCUT2D eigenvalue weighted by Crippen LogP contribution is 2.21. The van der Waals surface area contributed by atoms with Gasteiger partial charge in [0.15, 0.2) is 0 Å². The standard InChI is InChI=1S/C17H21N/c1-5-13-10-16(12(2)3)14-8-6-7-9-15(14)17(13)11-18-4/h5-12,18H,1-4H3/b13-5-,17-11+. The number of hydrogen-bond donors (Lipinski definition) is 1. The largest absolute Gasteiger partial charge is 0.393 e. The van der Waals surface area contributed by atoms with E-state index < -0.39 is 0 Å². The Labute approximate surface area is 109 Å². The summed E-state index contributed by atoms with van der Waals surface area (Å²) in [5.41, 5.74) is 1.42. The maximum Gasteiger partial charge on any atom is 0.00484 e. The SMILES string of the molecule is C/C=c1/cc(C(C)C)c2ccccc2/c1=C/NC. The van der Waals surface area contributed by atoms with E-state index in [-0.39, 0.29) is 0 Å². The summed E-state index contributed by atoms with van der Waals surface area (Å²) in [6, 6.07) is 11.0. The first-order valence-corrected chi connectivity index (χ1v) is 6.54. The van der Waals surface area contributed by atoms with Crippen LogP contribution in [0.3, 0.4) is 0 Å². The normalized spacial score (nSPS) is 13.6. The van der Waals surface area contributed by atoms with E-state index in [1.807, 2.05) is 7.05 Å². The Hall–Kier alpha value is -1.76. The third kappa shape index (κ3) is 2.13. The minimum atomic E-state index is 0.539. The molecule has 0 bridgehead atoms. The molecule has 1 nitrogen and oxygen atoms in total. The van der Waals surface area contributed by atoms with Crippen molar-refractivity contribution in [3.8, 4) is 0 Å². The number of rotatable bonds is 2. The summed E-state index contributed by atoms with van der Waals surface area (Å²) in [5.74, 6) is 0.539. The zero-order valence-corrected chi connectivity index (χ0v) is 11.6. The second-order valence-electron chi connectivity index (χ2n) is 4.89. The highest BCUT2D eigenvalue weighted by molar-refractivity contribution is 5.87. The molecular weight excluding hydrogens is 218 g/mol. The van der Waals surface area contributed by atoms with Crippen molar-refractivity contribution in [3.05, 3.63) is 46.3 Å². The van der Waals surface area contributed by atoms with Gasteiger partial charge in [-0.05, 0) is 34.4 Å². The Kier molecular flexibility index (Phi) is 3.71. The van der Waals surface area contributed by atoms with E-state index in [4.69, 9.17) is 0 Å². The van der Waals surface area contributed by atoms with Crippen molar-refractivity contribution in [1.82, 2.24) is 5.32 Å². The topological polar surface area (TPSA) is 12.0 Å². The predicted molar refractivity (Wildman–Crippen MR) is 81.0 cm³/mol. The van der Waals surface area contributed by atoms with Crippen LogP contribution in [-0.2, 0) is 0 Å². The van der Waals surface area contributed by atoms with Crippen molar-refractivity contribution >= 4 is 23.0 Å². The third-order valence-corrected chi connectivity index (χ3v) is 3.37. The van der Waals surface area contributed by atoms with Crippen LogP contribution in [0.25, 0.3) is 23.0 Å². The Morgan fingerprint density at radius 3 is 2.33 bits per heavy atom. The van der Waals surface area contributed by atoms with Gasteiger partial charge in [-0.25, -0.2) is 0 Å². The summed E-state index contributed by atoms with van der Waals surface area (Å²) < 4.78 is 0. The average molecular weight is 239 g/mol. The van der Waals surface area contributed by atoms with Crippen molar-refractivity contribution in [2.24, 2.45) is 0 Å². The lowest BCUT2D eigenvalue weighted by molar-refractivity contribution is 0.874. The summed E-state index contributed by atoms with van der Waals surface area (Å²) in [7, 11) is 1.95. The Bertz CT molecular complexity index is 666. The lowest BCUT2D eigenvalue weighted by atomic mass is 9.94. The van der Waals surface area contributed by atoms with Crippen LogP contribution in [0.5, 0.6) is 0 Å². The van der Waals surface area contributed by atoms with E-state index in [1.54, 1.807) is 0 Å². The number of nitrogens with one attached hydrogen (secondary N) is 1. The molecule has 0 radical (unpaired) electrons. The lowest BCUT2D eigenvalue weighted by Crippen LogP contribution is -2.28. The molecule has 0 saturated carbocycles. The van der Waals surface area contributed by atoms with Crippen LogP contribution in [0.15, 0.2) is 30.3 Å². The van der Waals surface area contributed by atoms with Crippen LogP contribution >= 0.6 is 0 Å². The second-order valence-corrected chi connectivity index (χ2v) is 4.89. The first-order chi connectivity index (χ1) is 8.69. The summed E-state index contributed by atoms with van der Waals surface area (Å²) in [6.07, 6.45) is 4.27. The van der Waals surface area contributed by atoms with Gasteiger partial charge in [-0.3, -0.25) is 0 Å². The summed E-state index contributed by atoms with van der Waals surface area (Å²) in [6.45, 7) is 6.60. The molecule has 2 aromatic rings. The van der Waals surface area contributed by atoms with Gasteiger partial charge in [-0.1, -0.05) is 50.3 Å². The van der Waals surface area contributed by atoms with Crippen LogP contribution in [0.2, 0.25) is 0 Å². The Morgan fingerprint density at radius 1 is 1.11 bits per heavy atom. The van der Waals surface area contributed by atoms with E-state index in [2.05, 4.69) is 68.7 Å². The summed E-state index contributed by atoms with van der Waals surface area (Å²) >= 11 is 0. The smallest absolute Gasteiger partial charge is 0.00484 e. The molecule has 1 heteroatoms. The van der Waals surface area contributed by atoms with Crippen LogP contribution in [0.1, 0.15) is 32.3 Å². The minimum Gasteiger partial charge on any atom is -0.393 e. The van der Waals surface area contributed by atoms with Gasteiger partial charge in [-0.2, -0.15) is 0 Å². The van der Waals surface area contributed by atoms with Gasteiger partial charge in [0.05, 0.1) is 0 Å². The maximum atomic E-state index is 3.15. The minimum absolute atomic E-state index is 0.539. The van der Waals surface area contributed by atoms with Gasteiger partial charge in [0.1, 0.15) is 0 Å². The number of fused-ring (bicyclic) bond motifs is 1. The van der Waals surface area contributed by atoms with E-state index in [1.165, 1.54) is 26.8 Å². The fourth-order valence-corrected chi connectivity index (χ4v) is 2.47. The zero-order valence-electron chi connectivity index (χ0n) is 11.6. The quantitative estimate of drug-likeness (QED) is 0.849. The molecule has 0 saturated heterocycles. The van der Waals surface area contributed by atoms with Crippen molar-refractivity contribution in [1.29, 1.82) is 0 Å². The fourth-order valence-electron chi connectivity index (χ4n) is 2.47. The van der Waals surface area contributed by atoms with Crippen LogP contribution in [-0.4, -0.2) is 7.05 Å². The number of hydrogen-bond acceptors (Lipinski definition) is 1. The summed E-state index contributed by atoms with van der Waals surface area (Å²) in [5, 5.41) is 8.42. The molecule has 0 heterocycles. The van der Waals surface area contributed by atoms with Crippen molar-refractivity contribution < 1.29 is 0 Å². The zero-order chi connectivity index (χ0) is 13.1. The van der Waals surface area contributed by atoms with Gasteiger partial charge in [-0.15, -0.1) is 0 Å². The molecular formula is C17H21N. The molecule has 0 aromatic heterocycles. The molecule has 94 valence electrons. The molecule has 0 aliphatic rings. The van der Waals surface area contributed by atoms with Crippen molar-refractivity contribution in [2.75, 3.05) is 7.05 Å². The predicted octanol–water partition coefficient (Wildman–Crippen LogP) is 2.72. The van der Waals surface area contributed by atoms with Crippen molar-refractivity contribution in [2.45, 2.75) is 26.7 Å². The van der Waals surface area contributed by atoms with Crippen molar-refractivity contribution in [3.63, 3.8) is 0 Å². The van der Waals surface area contributed by atoms with Crippen LogP contribution < -0.4 is 15.8 Å². The molecule has 0 atom stereocenters. The van der Waals surface area contributed by atoms with Gasteiger partial charge in [0.25, 0.3) is 0 Å². The first kappa shape index (κ1) is 12.7. The molecule has 0 amide bonds. The Morgan fingerprint density at radius 2 is 1.78 bits per heavy atom. The van der Waals surface area contributed by atoms with E-state index in [9.17, 15) is 0 Å². The van der Waals surface area contributed by atoms with Gasteiger partial charge < -0.3 is 5.32 Å². The van der Waals surface area contributed by atoms with E-state index in [0.717, 1.165) is 0 Å². The third-order valence-electron chi connectivity index (χ3n) is 3.37. The molecule has 0 spiro atoms. The highest BCUT2D eigenvalue weighted by atomic mass is 14.8. The fraction of sp³-hybridized carbons (Fsp3) is 0.294. The molecule has 1 N–H and O–H groups in total. The number of benzene rings is 2. The maximum absolute atomic E-state index is 3.15. The highest BCUT2D eigenvalue weighted by Gasteiger charge is 2.06. The first-order valence-electron chi connectivity index (χ1n) is 6.54. The molecule has 2 rings (SSSR count). The van der Waals surface area contributed by atoms with Gasteiger partial charge >= 0.3 is 0 Å². The van der Waals surface area contributed by atoms with Crippen LogP contribution in [0.4, 0.5) is 0 Å². The van der Waals surface area contributed by atoms with Gasteiger partial charge in [0, 0.05) is 18.5 Å². The van der Waals surface area contributed by atoms with Crippen LogP contribution in [0, 0.1) is 0 Å². The molecule has 18 heavy (non-hydrogen) atoms. The second kappa shape index (κ2) is 5.26. The molecule has 0 aliphatic heterocycles. The molecule has 0 fully saturated rings. The molecule has 0 unspecified atom stereocenters. The lowest BCUT2D eigenvalue weighted by Gasteiger charge is -2.11. The van der Waals surface area contributed by atoms with E-state index >= 15 is 0 Å². The average Bonchev–Trinajstić information content (AvgIpc) is 2.39. The summed E-state index contributed by atoms with van der Waals surface area (Å²) in [4.78, 5) is 0.